The van der Waals surface area contributed by atoms with E-state index in [0.29, 0.717) is 19.2 Å². The number of aryl methyl sites for hydroxylation is 2. The number of anilines is 4. The molecule has 2 aliphatic heterocycles. The highest BCUT2D eigenvalue weighted by Gasteiger charge is 2.27. The van der Waals surface area contributed by atoms with Crippen LogP contribution in [0.2, 0.25) is 0 Å². The normalized spacial score (nSPS) is 15.6. The second-order valence-corrected chi connectivity index (χ2v) is 7.96. The van der Waals surface area contributed by atoms with Gasteiger partial charge in [0.2, 0.25) is 0 Å². The van der Waals surface area contributed by atoms with Gasteiger partial charge in [0.25, 0.3) is 5.95 Å². The molecule has 0 unspecified atom stereocenters. The molecule has 0 aliphatic carbocycles. The van der Waals surface area contributed by atoms with Crippen molar-refractivity contribution in [2.24, 2.45) is 7.05 Å². The lowest BCUT2D eigenvalue weighted by Crippen LogP contribution is -2.38. The summed E-state index contributed by atoms with van der Waals surface area (Å²) < 4.78 is 7.57. The Morgan fingerprint density at radius 1 is 0.938 bits per heavy atom. The van der Waals surface area contributed by atoms with Gasteiger partial charge in [-0.2, -0.15) is 15.1 Å². The van der Waals surface area contributed by atoms with E-state index in [4.69, 9.17) is 19.7 Å². The van der Waals surface area contributed by atoms with Crippen molar-refractivity contribution in [1.29, 1.82) is 0 Å². The molecule has 1 saturated heterocycles. The van der Waals surface area contributed by atoms with Crippen molar-refractivity contribution in [3.8, 4) is 11.4 Å². The van der Waals surface area contributed by atoms with Gasteiger partial charge in [-0.25, -0.2) is 4.98 Å². The van der Waals surface area contributed by atoms with E-state index in [0.717, 1.165) is 52.8 Å². The summed E-state index contributed by atoms with van der Waals surface area (Å²) in [7, 11) is 1.98. The molecule has 162 valence electrons. The molecule has 32 heavy (non-hydrogen) atoms. The number of rotatable bonds is 3. The van der Waals surface area contributed by atoms with Crippen molar-refractivity contribution in [3.05, 3.63) is 48.3 Å². The number of benzene rings is 1. The van der Waals surface area contributed by atoms with Crippen LogP contribution in [0.1, 0.15) is 5.56 Å². The minimum atomic E-state index is 0.525. The fraction of sp³-hybridized carbons (Fsp3) is 0.273. The number of pyridine rings is 1. The number of morpholine rings is 1. The quantitative estimate of drug-likeness (QED) is 0.509. The molecule has 0 amide bonds. The first-order chi connectivity index (χ1) is 15.7. The molecule has 0 saturated carbocycles. The highest BCUT2D eigenvalue weighted by molar-refractivity contribution is 5.89. The lowest BCUT2D eigenvalue weighted by Gasteiger charge is -2.28. The van der Waals surface area contributed by atoms with Gasteiger partial charge < -0.3 is 14.2 Å². The summed E-state index contributed by atoms with van der Waals surface area (Å²) in [5, 5.41) is 1.76. The van der Waals surface area contributed by atoms with Crippen LogP contribution in [0.15, 0.2) is 42.7 Å². The van der Waals surface area contributed by atoms with Crippen LogP contribution < -0.4 is 20.9 Å². The van der Waals surface area contributed by atoms with Gasteiger partial charge in [0, 0.05) is 38.1 Å². The third-order valence-electron chi connectivity index (χ3n) is 5.78. The highest BCUT2D eigenvalue weighted by atomic mass is 16.5. The first kappa shape index (κ1) is 18.8. The van der Waals surface area contributed by atoms with Crippen LogP contribution in [0.4, 0.5) is 23.1 Å². The van der Waals surface area contributed by atoms with Crippen LogP contribution >= 0.6 is 0 Å². The van der Waals surface area contributed by atoms with Crippen LogP contribution in [0, 0.1) is 6.92 Å². The van der Waals surface area contributed by atoms with Gasteiger partial charge in [-0.05, 0) is 36.8 Å². The Hall–Kier alpha value is -3.92. The van der Waals surface area contributed by atoms with E-state index in [1.165, 1.54) is 5.56 Å². The number of ether oxygens (including phenoxy) is 1. The van der Waals surface area contributed by atoms with Gasteiger partial charge in [-0.1, -0.05) is 6.07 Å². The Bertz CT molecular complexity index is 1300. The minimum Gasteiger partial charge on any atom is -0.378 e. The summed E-state index contributed by atoms with van der Waals surface area (Å²) in [5.74, 6) is 2.15. The molecule has 4 aromatic rings. The van der Waals surface area contributed by atoms with Crippen molar-refractivity contribution in [3.63, 3.8) is 0 Å². The van der Waals surface area contributed by atoms with Crippen molar-refractivity contribution in [2.45, 2.75) is 6.92 Å². The van der Waals surface area contributed by atoms with Gasteiger partial charge in [-0.15, -0.1) is 0 Å². The number of hydrogen-bond acceptors (Lipinski definition) is 9. The first-order valence-electron chi connectivity index (χ1n) is 10.6. The second kappa shape index (κ2) is 7.34. The van der Waals surface area contributed by atoms with E-state index < -0.39 is 0 Å². The first-order valence-corrected chi connectivity index (χ1v) is 10.6. The summed E-state index contributed by atoms with van der Waals surface area (Å²) >= 11 is 0. The monoisotopic (exact) mass is 429 g/mol. The van der Waals surface area contributed by atoms with Crippen molar-refractivity contribution in [2.75, 3.05) is 47.2 Å². The molecule has 0 atom stereocenters. The van der Waals surface area contributed by atoms with Gasteiger partial charge in [0.05, 0.1) is 24.6 Å². The van der Waals surface area contributed by atoms with Crippen molar-refractivity contribution in [1.82, 2.24) is 24.5 Å². The number of aromatic nitrogens is 5. The summed E-state index contributed by atoms with van der Waals surface area (Å²) in [6.07, 6.45) is 3.54. The highest BCUT2D eigenvalue weighted by Crippen LogP contribution is 2.34. The average Bonchev–Trinajstić information content (AvgIpc) is 3.40. The molecule has 3 aromatic heterocycles. The molecule has 2 aliphatic rings. The SMILES string of the molecule is Cc1ccc2c(c1)NN(c1nc(N3CCOCC3)c3nc(-c4ccncc4)n(C)c3n1)N2. The summed E-state index contributed by atoms with van der Waals surface area (Å²) in [5.41, 5.74) is 12.4. The van der Waals surface area contributed by atoms with E-state index in [9.17, 15) is 0 Å². The number of nitrogens with one attached hydrogen (secondary N) is 2. The molecule has 0 spiro atoms. The van der Waals surface area contributed by atoms with E-state index in [1.54, 1.807) is 17.5 Å². The molecule has 10 heteroatoms. The Morgan fingerprint density at radius 2 is 1.72 bits per heavy atom. The maximum Gasteiger partial charge on any atom is 0.268 e. The van der Waals surface area contributed by atoms with E-state index in [2.05, 4.69) is 39.8 Å². The Balaban J connectivity index is 1.49. The Labute approximate surface area is 184 Å². The van der Waals surface area contributed by atoms with Crippen LogP contribution in [0.3, 0.4) is 0 Å². The lowest BCUT2D eigenvalue weighted by molar-refractivity contribution is 0.122. The molecule has 0 bridgehead atoms. The maximum absolute atomic E-state index is 5.56. The van der Waals surface area contributed by atoms with E-state index >= 15 is 0 Å². The number of imidazole rings is 1. The molecule has 5 heterocycles. The molecule has 1 aromatic carbocycles. The zero-order valence-corrected chi connectivity index (χ0v) is 17.9. The van der Waals surface area contributed by atoms with Crippen LogP contribution in [0.5, 0.6) is 0 Å². The lowest BCUT2D eigenvalue weighted by atomic mass is 10.2. The Morgan fingerprint density at radius 3 is 2.53 bits per heavy atom. The van der Waals surface area contributed by atoms with Crippen LogP contribution in [0.25, 0.3) is 22.6 Å². The molecule has 6 rings (SSSR count). The zero-order valence-electron chi connectivity index (χ0n) is 17.9. The fourth-order valence-corrected chi connectivity index (χ4v) is 4.11. The van der Waals surface area contributed by atoms with E-state index in [1.807, 2.05) is 29.8 Å². The number of hydrazine groups is 2. The molecular weight excluding hydrogens is 406 g/mol. The third kappa shape index (κ3) is 3.07. The molecule has 0 radical (unpaired) electrons. The summed E-state index contributed by atoms with van der Waals surface area (Å²) in [6.45, 7) is 4.91. The van der Waals surface area contributed by atoms with Gasteiger partial charge in [0.15, 0.2) is 17.0 Å². The van der Waals surface area contributed by atoms with Gasteiger partial charge in [-0.3, -0.25) is 15.8 Å². The third-order valence-corrected chi connectivity index (χ3v) is 5.78. The smallest absolute Gasteiger partial charge is 0.268 e. The van der Waals surface area contributed by atoms with Gasteiger partial charge >= 0.3 is 0 Å². The molecular formula is C22H23N9O. The summed E-state index contributed by atoms with van der Waals surface area (Å²) in [4.78, 5) is 21.1. The average molecular weight is 429 g/mol. The number of hydrogen-bond donors (Lipinski definition) is 2. The van der Waals surface area contributed by atoms with Crippen LogP contribution in [-0.4, -0.2) is 50.8 Å². The molecule has 10 nitrogen and oxygen atoms in total. The fourth-order valence-electron chi connectivity index (χ4n) is 4.11. The largest absolute Gasteiger partial charge is 0.378 e. The Kier molecular flexibility index (Phi) is 4.32. The van der Waals surface area contributed by atoms with E-state index in [-0.39, 0.29) is 0 Å². The number of fused-ring (bicyclic) bond motifs is 2. The van der Waals surface area contributed by atoms with Crippen molar-refractivity contribution < 1.29 is 4.74 Å². The second-order valence-electron chi connectivity index (χ2n) is 7.96. The van der Waals surface area contributed by atoms with Gasteiger partial charge in [0.1, 0.15) is 5.82 Å². The molecule has 1 fully saturated rings. The maximum atomic E-state index is 5.56. The minimum absolute atomic E-state index is 0.525. The van der Waals surface area contributed by atoms with Crippen molar-refractivity contribution >= 4 is 34.3 Å². The zero-order chi connectivity index (χ0) is 21.7. The predicted molar refractivity (Wildman–Crippen MR) is 123 cm³/mol. The molecule has 2 N–H and O–H groups in total. The van der Waals surface area contributed by atoms with Crippen LogP contribution in [-0.2, 0) is 11.8 Å². The standard InChI is InChI=1S/C22H23N9O/c1-14-3-4-16-17(13-14)28-31(27-16)22-25-20-18(21(26-22)30-9-11-32-12-10-30)24-19(29(20)2)15-5-7-23-8-6-15/h3-8,13,27-28H,9-12H2,1-2H3. The topological polar surface area (TPSA) is 96.3 Å². The predicted octanol–water partition coefficient (Wildman–Crippen LogP) is 2.74. The number of nitrogens with zero attached hydrogens (tertiary/aromatic N) is 7. The summed E-state index contributed by atoms with van der Waals surface area (Å²) in [6, 6.07) is 10.1.